The summed E-state index contributed by atoms with van der Waals surface area (Å²) in [5.41, 5.74) is 0. The summed E-state index contributed by atoms with van der Waals surface area (Å²) in [6.07, 6.45) is 0.553. The van der Waals surface area contributed by atoms with Gasteiger partial charge in [0.15, 0.2) is 3.24 Å². The van der Waals surface area contributed by atoms with Crippen LogP contribution in [0.4, 0.5) is 0 Å². The Bertz CT molecular complexity index is 48.6. The summed E-state index contributed by atoms with van der Waals surface area (Å²) in [6, 6.07) is 0. The van der Waals surface area contributed by atoms with E-state index in [1.54, 1.807) is 0 Å². The van der Waals surface area contributed by atoms with Crippen LogP contribution in [0.3, 0.4) is 0 Å². The average Bonchev–Trinajstić information content (AvgIpc) is 1.30. The molecule has 0 rings (SSSR count). The lowest BCUT2D eigenvalue weighted by Crippen LogP contribution is -2.00. The quantitative estimate of drug-likeness (QED) is 0.635. The van der Waals surface area contributed by atoms with Crippen LogP contribution in [0.1, 0.15) is 6.42 Å². The Balaban J connectivity index is 3.15. The molecule has 0 atom stereocenters. The van der Waals surface area contributed by atoms with Crippen LogP contribution >= 0.6 is 50.7 Å². The number of alkyl halides is 4. The molecule has 7 heavy (non-hydrogen) atoms. The molecular weight excluding hydrogens is 222 g/mol. The minimum absolute atomic E-state index is 0.470. The molecule has 0 saturated heterocycles. The summed E-state index contributed by atoms with van der Waals surface area (Å²) in [5.74, 6) is 0.470. The number of hydrogen-bond acceptors (Lipinski definition) is 0. The fraction of sp³-hybridized carbons (Fsp3) is 1.00. The van der Waals surface area contributed by atoms with Gasteiger partial charge in [0.25, 0.3) is 0 Å². The van der Waals surface area contributed by atoms with Crippen molar-refractivity contribution in [2.75, 3.05) is 5.88 Å². The predicted molar refractivity (Wildman–Crippen MR) is 38.7 cm³/mol. The topological polar surface area (TPSA) is 0 Å². The van der Waals surface area contributed by atoms with Crippen molar-refractivity contribution in [1.82, 2.24) is 0 Å². The monoisotopic (exact) mass is 224 g/mol. The van der Waals surface area contributed by atoms with E-state index in [-0.39, 0.29) is 0 Å². The molecule has 0 radical (unpaired) electrons. The van der Waals surface area contributed by atoms with Gasteiger partial charge in [-0.1, -0.05) is 23.2 Å². The van der Waals surface area contributed by atoms with E-state index in [9.17, 15) is 0 Å². The van der Waals surface area contributed by atoms with Gasteiger partial charge in [-0.25, -0.2) is 0 Å². The van der Waals surface area contributed by atoms with Crippen LogP contribution in [-0.4, -0.2) is 9.12 Å². The fourth-order valence-corrected chi connectivity index (χ4v) is 1.20. The summed E-state index contributed by atoms with van der Waals surface area (Å²) in [5, 5.41) is 0. The Morgan fingerprint density at radius 1 is 1.43 bits per heavy atom. The van der Waals surface area contributed by atoms with E-state index in [0.29, 0.717) is 12.3 Å². The van der Waals surface area contributed by atoms with Gasteiger partial charge in [0.05, 0.1) is 0 Å². The summed E-state index contributed by atoms with van der Waals surface area (Å²) in [4.78, 5) is 0. The Labute approximate surface area is 66.2 Å². The van der Waals surface area contributed by atoms with Crippen LogP contribution in [-0.2, 0) is 0 Å². The maximum atomic E-state index is 5.43. The second-order valence-electron chi connectivity index (χ2n) is 1.05. The second kappa shape index (κ2) is 3.39. The number of rotatable bonds is 2. The van der Waals surface area contributed by atoms with Gasteiger partial charge in [-0.3, -0.25) is 0 Å². The molecule has 4 heteroatoms. The van der Waals surface area contributed by atoms with Crippen LogP contribution in [0.25, 0.3) is 0 Å². The van der Waals surface area contributed by atoms with Gasteiger partial charge in [0.2, 0.25) is 0 Å². The normalized spacial score (nSPS) is 12.0. The molecule has 0 aromatic rings. The van der Waals surface area contributed by atoms with Crippen molar-refractivity contribution in [3.05, 3.63) is 0 Å². The lowest BCUT2D eigenvalue weighted by atomic mass is 10.6. The first-order valence-corrected chi connectivity index (χ1v) is 3.77. The molecule has 0 aliphatic carbocycles. The van der Waals surface area contributed by atoms with Gasteiger partial charge in [-0.15, -0.1) is 11.6 Å². The maximum absolute atomic E-state index is 5.43. The highest BCUT2D eigenvalue weighted by atomic mass is 79.9. The molecule has 0 saturated carbocycles. The van der Waals surface area contributed by atoms with Gasteiger partial charge in [-0.05, 0) is 15.9 Å². The molecular formula is C3H4BrCl3. The van der Waals surface area contributed by atoms with Gasteiger partial charge in [0, 0.05) is 12.3 Å². The van der Waals surface area contributed by atoms with Gasteiger partial charge >= 0.3 is 0 Å². The average molecular weight is 226 g/mol. The van der Waals surface area contributed by atoms with Crippen molar-refractivity contribution < 1.29 is 0 Å². The third-order valence-electron chi connectivity index (χ3n) is 0.378. The minimum Gasteiger partial charge on any atom is -0.127 e. The molecule has 0 N–H and O–H groups in total. The third kappa shape index (κ3) is 7.35. The van der Waals surface area contributed by atoms with E-state index >= 15 is 0 Å². The van der Waals surface area contributed by atoms with E-state index in [0.717, 1.165) is 0 Å². The molecule has 0 aromatic heterocycles. The van der Waals surface area contributed by atoms with Crippen molar-refractivity contribution in [3.63, 3.8) is 0 Å². The van der Waals surface area contributed by atoms with Crippen LogP contribution in [0, 0.1) is 0 Å². The zero-order valence-electron chi connectivity index (χ0n) is 3.43. The molecule has 0 unspecified atom stereocenters. The van der Waals surface area contributed by atoms with Gasteiger partial charge in [0.1, 0.15) is 0 Å². The van der Waals surface area contributed by atoms with Crippen LogP contribution in [0.15, 0.2) is 0 Å². The summed E-state index contributed by atoms with van der Waals surface area (Å²) in [7, 11) is 0. The van der Waals surface area contributed by atoms with Gasteiger partial charge < -0.3 is 0 Å². The molecule has 0 nitrogen and oxygen atoms in total. The van der Waals surface area contributed by atoms with E-state index in [4.69, 9.17) is 34.8 Å². The zero-order valence-corrected chi connectivity index (χ0v) is 7.28. The molecule has 0 fully saturated rings. The summed E-state index contributed by atoms with van der Waals surface area (Å²) < 4.78 is -0.825. The van der Waals surface area contributed by atoms with Crippen molar-refractivity contribution in [2.45, 2.75) is 9.66 Å². The third-order valence-corrected chi connectivity index (χ3v) is 1.34. The van der Waals surface area contributed by atoms with Crippen LogP contribution in [0.5, 0.6) is 0 Å². The molecule has 0 heterocycles. The summed E-state index contributed by atoms with van der Waals surface area (Å²) in [6.45, 7) is 0. The summed E-state index contributed by atoms with van der Waals surface area (Å²) >= 11 is 19.1. The number of hydrogen-bond donors (Lipinski definition) is 0. The van der Waals surface area contributed by atoms with E-state index in [1.165, 1.54) is 0 Å². The second-order valence-corrected chi connectivity index (χ2v) is 5.18. The highest BCUT2D eigenvalue weighted by Crippen LogP contribution is 2.32. The fourth-order valence-electron chi connectivity index (χ4n) is 0.107. The van der Waals surface area contributed by atoms with Crippen molar-refractivity contribution in [2.24, 2.45) is 0 Å². The SMILES string of the molecule is ClCCC(Cl)(Cl)Br. The molecule has 0 aromatic carbocycles. The smallest absolute Gasteiger partial charge is 0.127 e. The van der Waals surface area contributed by atoms with Gasteiger partial charge in [-0.2, -0.15) is 0 Å². The lowest BCUT2D eigenvalue weighted by molar-refractivity contribution is 1.01. The van der Waals surface area contributed by atoms with Crippen molar-refractivity contribution in [3.8, 4) is 0 Å². The first-order chi connectivity index (χ1) is 3.06. The molecule has 0 amide bonds. The maximum Gasteiger partial charge on any atom is 0.173 e. The minimum atomic E-state index is -0.825. The zero-order chi connectivity index (χ0) is 5.91. The van der Waals surface area contributed by atoms with Crippen LogP contribution in [0.2, 0.25) is 0 Å². The molecule has 44 valence electrons. The van der Waals surface area contributed by atoms with E-state index in [1.807, 2.05) is 0 Å². The highest BCUT2D eigenvalue weighted by Gasteiger charge is 2.16. The lowest BCUT2D eigenvalue weighted by Gasteiger charge is -2.05. The largest absolute Gasteiger partial charge is 0.173 e. The molecule has 0 spiro atoms. The van der Waals surface area contributed by atoms with E-state index in [2.05, 4.69) is 15.9 Å². The standard InChI is InChI=1S/C3H4BrCl3/c4-3(6,7)1-2-5/h1-2H2. The molecule has 0 aliphatic heterocycles. The Hall–Kier alpha value is 1.35. The number of halogens is 4. The molecule has 0 aliphatic rings. The van der Waals surface area contributed by atoms with Crippen molar-refractivity contribution >= 4 is 50.7 Å². The van der Waals surface area contributed by atoms with E-state index < -0.39 is 3.24 Å². The molecule has 0 bridgehead atoms. The van der Waals surface area contributed by atoms with Crippen molar-refractivity contribution in [1.29, 1.82) is 0 Å². The Morgan fingerprint density at radius 2 is 1.86 bits per heavy atom. The Morgan fingerprint density at radius 3 is 1.86 bits per heavy atom. The Kier molecular flexibility index (Phi) is 4.04. The predicted octanol–water partition coefficient (Wildman–Crippen LogP) is 3.14. The first kappa shape index (κ1) is 8.35. The first-order valence-electron chi connectivity index (χ1n) is 1.69. The highest BCUT2D eigenvalue weighted by molar-refractivity contribution is 9.11. The van der Waals surface area contributed by atoms with Crippen LogP contribution < -0.4 is 0 Å².